The van der Waals surface area contributed by atoms with Gasteiger partial charge in [0, 0.05) is 5.92 Å². The Bertz CT molecular complexity index is 304. The Morgan fingerprint density at radius 1 is 1.69 bits per heavy atom. The van der Waals surface area contributed by atoms with Crippen molar-refractivity contribution >= 4 is 0 Å². The SMILES string of the molecule is CC(N)(CO)c1nc(C2CC2)no1. The van der Waals surface area contributed by atoms with Crippen LogP contribution in [0.1, 0.15) is 37.4 Å². The van der Waals surface area contributed by atoms with Crippen LogP contribution in [0.15, 0.2) is 4.52 Å². The molecule has 0 amide bonds. The average Bonchev–Trinajstić information content (AvgIpc) is 2.83. The summed E-state index contributed by atoms with van der Waals surface area (Å²) in [5.41, 5.74) is 4.81. The Labute approximate surface area is 75.9 Å². The van der Waals surface area contributed by atoms with Crippen molar-refractivity contribution in [1.29, 1.82) is 0 Å². The van der Waals surface area contributed by atoms with Gasteiger partial charge in [-0.3, -0.25) is 0 Å². The molecule has 1 saturated carbocycles. The lowest BCUT2D eigenvalue weighted by Gasteiger charge is -2.14. The maximum atomic E-state index is 8.96. The number of rotatable bonds is 3. The standard InChI is InChI=1S/C8H13N3O2/c1-8(9,4-12)7-10-6(11-13-7)5-2-3-5/h5,12H,2-4,9H2,1H3. The zero-order valence-corrected chi connectivity index (χ0v) is 7.53. The molecule has 0 radical (unpaired) electrons. The minimum absolute atomic E-state index is 0.195. The number of nitrogens with two attached hydrogens (primary N) is 1. The van der Waals surface area contributed by atoms with Crippen molar-refractivity contribution in [2.45, 2.75) is 31.2 Å². The van der Waals surface area contributed by atoms with E-state index in [2.05, 4.69) is 10.1 Å². The molecule has 0 saturated heterocycles. The van der Waals surface area contributed by atoms with Crippen LogP contribution in [0.25, 0.3) is 0 Å². The summed E-state index contributed by atoms with van der Waals surface area (Å²) in [6.07, 6.45) is 2.25. The molecule has 5 nitrogen and oxygen atoms in total. The van der Waals surface area contributed by atoms with Gasteiger partial charge in [-0.2, -0.15) is 4.98 Å². The van der Waals surface area contributed by atoms with Gasteiger partial charge in [-0.1, -0.05) is 5.16 Å². The van der Waals surface area contributed by atoms with Gasteiger partial charge >= 0.3 is 0 Å². The fourth-order valence-electron chi connectivity index (χ4n) is 1.04. The molecule has 5 heteroatoms. The fourth-order valence-corrected chi connectivity index (χ4v) is 1.04. The number of hydrogen-bond donors (Lipinski definition) is 2. The molecule has 2 rings (SSSR count). The second-order valence-corrected chi connectivity index (χ2v) is 3.81. The number of aliphatic hydroxyl groups is 1. The molecular weight excluding hydrogens is 170 g/mol. The molecule has 1 heterocycles. The number of nitrogens with zero attached hydrogens (tertiary/aromatic N) is 2. The molecule has 1 aliphatic carbocycles. The summed E-state index contributed by atoms with van der Waals surface area (Å²) >= 11 is 0. The van der Waals surface area contributed by atoms with Crippen molar-refractivity contribution in [3.05, 3.63) is 11.7 Å². The van der Waals surface area contributed by atoms with E-state index in [4.69, 9.17) is 15.4 Å². The Balaban J connectivity index is 2.20. The van der Waals surface area contributed by atoms with Crippen LogP contribution < -0.4 is 5.73 Å². The normalized spacial score (nSPS) is 21.5. The number of aliphatic hydroxyl groups excluding tert-OH is 1. The molecule has 0 spiro atoms. The van der Waals surface area contributed by atoms with Gasteiger partial charge in [-0.05, 0) is 19.8 Å². The van der Waals surface area contributed by atoms with Crippen molar-refractivity contribution in [1.82, 2.24) is 10.1 Å². The van der Waals surface area contributed by atoms with Crippen LogP contribution in [-0.4, -0.2) is 21.9 Å². The van der Waals surface area contributed by atoms with E-state index in [1.807, 2.05) is 0 Å². The van der Waals surface area contributed by atoms with Gasteiger partial charge in [-0.15, -0.1) is 0 Å². The summed E-state index contributed by atoms with van der Waals surface area (Å²) in [5.74, 6) is 1.49. The Morgan fingerprint density at radius 3 is 2.92 bits per heavy atom. The molecule has 0 bridgehead atoms. The lowest BCUT2D eigenvalue weighted by atomic mass is 10.1. The van der Waals surface area contributed by atoms with Crippen LogP contribution >= 0.6 is 0 Å². The molecule has 13 heavy (non-hydrogen) atoms. The summed E-state index contributed by atoms with van der Waals surface area (Å²) in [5, 5.41) is 12.8. The summed E-state index contributed by atoms with van der Waals surface area (Å²) in [6, 6.07) is 0. The predicted molar refractivity (Wildman–Crippen MR) is 44.9 cm³/mol. The van der Waals surface area contributed by atoms with Gasteiger partial charge in [-0.25, -0.2) is 0 Å². The summed E-state index contributed by atoms with van der Waals surface area (Å²) in [4.78, 5) is 4.15. The van der Waals surface area contributed by atoms with Crippen molar-refractivity contribution in [3.8, 4) is 0 Å². The van der Waals surface area contributed by atoms with Crippen molar-refractivity contribution < 1.29 is 9.63 Å². The zero-order chi connectivity index (χ0) is 9.47. The average molecular weight is 183 g/mol. The number of hydrogen-bond acceptors (Lipinski definition) is 5. The second-order valence-electron chi connectivity index (χ2n) is 3.81. The molecule has 3 N–H and O–H groups in total. The van der Waals surface area contributed by atoms with Crippen LogP contribution in [-0.2, 0) is 5.54 Å². The lowest BCUT2D eigenvalue weighted by molar-refractivity contribution is 0.173. The minimum atomic E-state index is -0.917. The molecule has 1 aromatic heterocycles. The fraction of sp³-hybridized carbons (Fsp3) is 0.750. The predicted octanol–water partition coefficient (Wildman–Crippen LogP) is 0.113. The molecule has 0 aliphatic heterocycles. The summed E-state index contributed by atoms with van der Waals surface area (Å²) in [6.45, 7) is 1.47. The third kappa shape index (κ3) is 1.57. The summed E-state index contributed by atoms with van der Waals surface area (Å²) < 4.78 is 4.98. The molecule has 1 unspecified atom stereocenters. The summed E-state index contributed by atoms with van der Waals surface area (Å²) in [7, 11) is 0. The minimum Gasteiger partial charge on any atom is -0.394 e. The Morgan fingerprint density at radius 2 is 2.38 bits per heavy atom. The maximum absolute atomic E-state index is 8.96. The van der Waals surface area contributed by atoms with Gasteiger partial charge in [0.2, 0.25) is 5.89 Å². The third-order valence-corrected chi connectivity index (χ3v) is 2.20. The monoisotopic (exact) mass is 183 g/mol. The third-order valence-electron chi connectivity index (χ3n) is 2.20. The first-order chi connectivity index (χ1) is 6.13. The highest BCUT2D eigenvalue weighted by Crippen LogP contribution is 2.38. The molecule has 1 aromatic rings. The van der Waals surface area contributed by atoms with E-state index in [0.29, 0.717) is 11.8 Å². The molecule has 0 aromatic carbocycles. The van der Waals surface area contributed by atoms with Gasteiger partial charge in [0.15, 0.2) is 5.82 Å². The molecule has 1 aliphatic rings. The van der Waals surface area contributed by atoms with E-state index < -0.39 is 5.54 Å². The van der Waals surface area contributed by atoms with Gasteiger partial charge in [0.05, 0.1) is 6.61 Å². The largest absolute Gasteiger partial charge is 0.394 e. The molecule has 72 valence electrons. The van der Waals surface area contributed by atoms with E-state index in [9.17, 15) is 0 Å². The molecule has 1 fully saturated rings. The van der Waals surface area contributed by atoms with E-state index in [1.165, 1.54) is 0 Å². The van der Waals surface area contributed by atoms with E-state index in [-0.39, 0.29) is 6.61 Å². The van der Waals surface area contributed by atoms with E-state index in [0.717, 1.165) is 18.7 Å². The van der Waals surface area contributed by atoms with Crippen LogP contribution in [0.3, 0.4) is 0 Å². The lowest BCUT2D eigenvalue weighted by Crippen LogP contribution is -2.37. The molecule has 1 atom stereocenters. The van der Waals surface area contributed by atoms with Gasteiger partial charge in [0.25, 0.3) is 0 Å². The Kier molecular flexibility index (Phi) is 1.85. The number of aromatic nitrogens is 2. The van der Waals surface area contributed by atoms with Gasteiger partial charge < -0.3 is 15.4 Å². The molecular formula is C8H13N3O2. The van der Waals surface area contributed by atoms with Crippen molar-refractivity contribution in [2.24, 2.45) is 5.73 Å². The van der Waals surface area contributed by atoms with Crippen LogP contribution in [0.5, 0.6) is 0 Å². The Hall–Kier alpha value is -0.940. The van der Waals surface area contributed by atoms with Crippen LogP contribution in [0, 0.1) is 0 Å². The van der Waals surface area contributed by atoms with Gasteiger partial charge in [0.1, 0.15) is 5.54 Å². The van der Waals surface area contributed by atoms with Crippen LogP contribution in [0.4, 0.5) is 0 Å². The highest BCUT2D eigenvalue weighted by molar-refractivity contribution is 5.07. The topological polar surface area (TPSA) is 85.2 Å². The van der Waals surface area contributed by atoms with E-state index >= 15 is 0 Å². The highest BCUT2D eigenvalue weighted by atomic mass is 16.5. The first-order valence-electron chi connectivity index (χ1n) is 4.37. The second kappa shape index (κ2) is 2.78. The maximum Gasteiger partial charge on any atom is 0.248 e. The van der Waals surface area contributed by atoms with Crippen molar-refractivity contribution in [2.75, 3.05) is 6.61 Å². The smallest absolute Gasteiger partial charge is 0.248 e. The van der Waals surface area contributed by atoms with Crippen LogP contribution in [0.2, 0.25) is 0 Å². The highest BCUT2D eigenvalue weighted by Gasteiger charge is 2.33. The zero-order valence-electron chi connectivity index (χ0n) is 7.53. The van der Waals surface area contributed by atoms with E-state index in [1.54, 1.807) is 6.92 Å². The first kappa shape index (κ1) is 8.65. The van der Waals surface area contributed by atoms with Crippen molar-refractivity contribution in [3.63, 3.8) is 0 Å². The first-order valence-corrected chi connectivity index (χ1v) is 4.37. The quantitative estimate of drug-likeness (QED) is 0.694.